The quantitative estimate of drug-likeness (QED) is 0.171. The first-order valence-corrected chi connectivity index (χ1v) is 14.9. The Kier molecular flexibility index (Phi) is 9.33. The van der Waals surface area contributed by atoms with Crippen LogP contribution >= 0.6 is 24.0 Å². The first kappa shape index (κ1) is 33.2. The second kappa shape index (κ2) is 12.9. The third-order valence-corrected chi connectivity index (χ3v) is 8.77. The van der Waals surface area contributed by atoms with E-state index in [9.17, 15) is 41.0 Å². The van der Waals surface area contributed by atoms with E-state index in [0.717, 1.165) is 11.8 Å². The lowest BCUT2D eigenvalue weighted by atomic mass is 10.0. The van der Waals surface area contributed by atoms with Gasteiger partial charge in [0, 0.05) is 56.6 Å². The van der Waals surface area contributed by atoms with E-state index in [1.165, 1.54) is 41.3 Å². The predicted molar refractivity (Wildman–Crippen MR) is 163 cm³/mol. The van der Waals surface area contributed by atoms with Gasteiger partial charge >= 0.3 is 18.3 Å². The smallest absolute Gasteiger partial charge is 0.416 e. The summed E-state index contributed by atoms with van der Waals surface area (Å²) < 4.78 is 80.4. The molecule has 0 bridgehead atoms. The van der Waals surface area contributed by atoms with Gasteiger partial charge in [-0.05, 0) is 48.5 Å². The highest BCUT2D eigenvalue weighted by molar-refractivity contribution is 8.26. The zero-order chi connectivity index (χ0) is 33.4. The van der Waals surface area contributed by atoms with Crippen molar-refractivity contribution in [1.29, 1.82) is 0 Å². The molecule has 2 aliphatic rings. The van der Waals surface area contributed by atoms with E-state index in [2.05, 4.69) is 9.88 Å². The number of aromatic hydroxyl groups is 1. The third kappa shape index (κ3) is 7.45. The molecule has 1 amide bonds. The highest BCUT2D eigenvalue weighted by atomic mass is 32.2. The van der Waals surface area contributed by atoms with E-state index in [-0.39, 0.29) is 45.8 Å². The number of aromatic nitrogens is 1. The molecule has 5 rings (SSSR count). The Morgan fingerprint density at radius 2 is 1.59 bits per heavy atom. The average Bonchev–Trinajstić information content (AvgIpc) is 3.26. The number of amides is 1. The maximum atomic E-state index is 13.4. The van der Waals surface area contributed by atoms with Crippen LogP contribution in [0.15, 0.2) is 59.5 Å². The lowest BCUT2D eigenvalue weighted by Crippen LogP contribution is -2.48. The molecule has 2 N–H and O–H groups in total. The van der Waals surface area contributed by atoms with Gasteiger partial charge in [-0.25, -0.2) is 9.78 Å². The minimum absolute atomic E-state index is 0.0475. The molecule has 0 radical (unpaired) electrons. The largest absolute Gasteiger partial charge is 0.507 e. The number of benzene rings is 2. The molecule has 3 heterocycles. The van der Waals surface area contributed by atoms with Crippen molar-refractivity contribution in [2.75, 3.05) is 44.2 Å². The Hall–Kier alpha value is -4.15. The van der Waals surface area contributed by atoms with E-state index in [4.69, 9.17) is 17.3 Å². The molecule has 1 aromatic heterocycles. The van der Waals surface area contributed by atoms with E-state index < -0.39 is 35.4 Å². The van der Waals surface area contributed by atoms with Crippen LogP contribution < -0.4 is 4.90 Å². The zero-order valence-electron chi connectivity index (χ0n) is 23.6. The first-order chi connectivity index (χ1) is 21.6. The molecule has 2 aromatic carbocycles. The fourth-order valence-electron chi connectivity index (χ4n) is 4.99. The summed E-state index contributed by atoms with van der Waals surface area (Å²) in [5, 5.41) is 19.1. The number of carboxylic acid groups (broad SMARTS) is 1. The topological polar surface area (TPSA) is 97.2 Å². The summed E-state index contributed by atoms with van der Waals surface area (Å²) in [6.45, 7) is 3.25. The molecule has 0 aliphatic carbocycles. The number of halogens is 6. The molecule has 8 nitrogen and oxygen atoms in total. The molecule has 0 spiro atoms. The van der Waals surface area contributed by atoms with Crippen LogP contribution in [-0.4, -0.2) is 80.5 Å². The molecular weight excluding hydrogens is 658 g/mol. The van der Waals surface area contributed by atoms with E-state index in [0.29, 0.717) is 54.9 Å². The van der Waals surface area contributed by atoms with Crippen LogP contribution in [0.3, 0.4) is 0 Å². The summed E-state index contributed by atoms with van der Waals surface area (Å²) in [7, 11) is 0. The number of thioether (sulfide) groups is 1. The lowest BCUT2D eigenvalue weighted by Gasteiger charge is -2.36. The van der Waals surface area contributed by atoms with Crippen molar-refractivity contribution in [3.05, 3.63) is 81.9 Å². The van der Waals surface area contributed by atoms with Gasteiger partial charge in [0.15, 0.2) is 0 Å². The number of carboxylic acids is 1. The number of carbonyl (C=O) groups excluding carboxylic acids is 1. The van der Waals surface area contributed by atoms with E-state index in [1.54, 1.807) is 6.07 Å². The van der Waals surface area contributed by atoms with Gasteiger partial charge in [-0.15, -0.1) is 0 Å². The van der Waals surface area contributed by atoms with Gasteiger partial charge in [0.2, 0.25) is 0 Å². The van der Waals surface area contributed by atoms with Crippen molar-refractivity contribution >= 4 is 51.9 Å². The van der Waals surface area contributed by atoms with Crippen LogP contribution in [0.1, 0.15) is 27.2 Å². The number of pyridine rings is 1. The van der Waals surface area contributed by atoms with Gasteiger partial charge in [0.05, 0.1) is 27.4 Å². The number of hydrogen-bond acceptors (Lipinski definition) is 8. The fourth-order valence-corrected chi connectivity index (χ4v) is 6.28. The fraction of sp³-hybridized carbons (Fsp3) is 0.267. The molecule has 0 atom stereocenters. The summed E-state index contributed by atoms with van der Waals surface area (Å²) in [5.41, 5.74) is -2.76. The number of hydrogen-bond donors (Lipinski definition) is 2. The van der Waals surface area contributed by atoms with Crippen LogP contribution in [0.2, 0.25) is 0 Å². The van der Waals surface area contributed by atoms with Crippen LogP contribution in [0.5, 0.6) is 5.75 Å². The molecule has 242 valence electrons. The highest BCUT2D eigenvalue weighted by Gasteiger charge is 2.37. The normalized spacial score (nSPS) is 17.3. The van der Waals surface area contributed by atoms with Crippen molar-refractivity contribution in [3.8, 4) is 17.0 Å². The average molecular weight is 683 g/mol. The molecule has 3 aromatic rings. The predicted octanol–water partition coefficient (Wildman–Crippen LogP) is 6.21. The van der Waals surface area contributed by atoms with Crippen molar-refractivity contribution in [2.45, 2.75) is 12.4 Å². The number of aromatic carboxylic acids is 1. The number of thiocarbonyl (C=S) groups is 1. The SMILES string of the molecule is O=C(O)c1ccc(N2CCN(CCN3C(=O)C(=Cc4cccc(-c5cc(C(F)(F)F)cc(C(F)(F)F)c5)n4)SC3=S)CC2)cc1O. The van der Waals surface area contributed by atoms with Gasteiger partial charge in [-0.1, -0.05) is 30.0 Å². The number of carbonyl (C=O) groups is 2. The standard InChI is InChI=1S/C30H24F6N4O4S2/c31-29(32,33)18-12-17(13-19(14-18)30(34,35)36)23-3-1-2-20(37-23)15-25-26(42)40(28(45)46-25)11-8-38-6-9-39(10-7-38)21-4-5-22(27(43)44)24(41)16-21/h1-5,12-16,41H,6-11H2,(H,43,44). The van der Waals surface area contributed by atoms with Crippen molar-refractivity contribution in [2.24, 2.45) is 0 Å². The molecular formula is C30H24F6N4O4S2. The van der Waals surface area contributed by atoms with Gasteiger partial charge in [-0.2, -0.15) is 26.3 Å². The van der Waals surface area contributed by atoms with E-state index in [1.807, 2.05) is 4.90 Å². The van der Waals surface area contributed by atoms with Gasteiger partial charge in [-0.3, -0.25) is 14.6 Å². The second-order valence-corrected chi connectivity index (χ2v) is 12.1. The minimum Gasteiger partial charge on any atom is -0.507 e. The molecule has 2 fully saturated rings. The van der Waals surface area contributed by atoms with Crippen LogP contribution in [0.4, 0.5) is 32.0 Å². The maximum absolute atomic E-state index is 13.4. The molecule has 16 heteroatoms. The molecule has 0 unspecified atom stereocenters. The third-order valence-electron chi connectivity index (χ3n) is 7.40. The summed E-state index contributed by atoms with van der Waals surface area (Å²) in [5.74, 6) is -1.93. The lowest BCUT2D eigenvalue weighted by molar-refractivity contribution is -0.143. The number of alkyl halides is 6. The maximum Gasteiger partial charge on any atom is 0.416 e. The Morgan fingerprint density at radius 1 is 0.935 bits per heavy atom. The Bertz CT molecular complexity index is 1690. The van der Waals surface area contributed by atoms with Crippen LogP contribution in [-0.2, 0) is 17.1 Å². The first-order valence-electron chi connectivity index (χ1n) is 13.7. The molecule has 2 aliphatic heterocycles. The Balaban J connectivity index is 1.23. The number of nitrogens with zero attached hydrogens (tertiary/aromatic N) is 4. The van der Waals surface area contributed by atoms with Crippen molar-refractivity contribution < 1.29 is 46.1 Å². The summed E-state index contributed by atoms with van der Waals surface area (Å²) >= 11 is 6.42. The summed E-state index contributed by atoms with van der Waals surface area (Å²) in [6.07, 6.45) is -8.62. The number of piperazine rings is 1. The number of phenols is 1. The van der Waals surface area contributed by atoms with Gasteiger partial charge in [0.1, 0.15) is 15.6 Å². The minimum atomic E-state index is -5.00. The molecule has 0 saturated carbocycles. The second-order valence-electron chi connectivity index (χ2n) is 10.4. The number of anilines is 1. The summed E-state index contributed by atoms with van der Waals surface area (Å²) in [4.78, 5) is 34.3. The van der Waals surface area contributed by atoms with Crippen molar-refractivity contribution in [3.63, 3.8) is 0 Å². The highest BCUT2D eigenvalue weighted by Crippen LogP contribution is 2.39. The zero-order valence-corrected chi connectivity index (χ0v) is 25.2. The Labute approximate surface area is 267 Å². The monoisotopic (exact) mass is 682 g/mol. The molecule has 2 saturated heterocycles. The van der Waals surface area contributed by atoms with Gasteiger partial charge in [0.25, 0.3) is 5.91 Å². The van der Waals surface area contributed by atoms with Crippen molar-refractivity contribution in [1.82, 2.24) is 14.8 Å². The molecule has 46 heavy (non-hydrogen) atoms. The number of rotatable bonds is 7. The van der Waals surface area contributed by atoms with Crippen LogP contribution in [0.25, 0.3) is 17.3 Å². The Morgan fingerprint density at radius 3 is 2.17 bits per heavy atom. The summed E-state index contributed by atoms with van der Waals surface area (Å²) in [6, 6.07) is 9.82. The van der Waals surface area contributed by atoms with Gasteiger partial charge < -0.3 is 15.1 Å². The van der Waals surface area contributed by atoms with E-state index >= 15 is 0 Å². The van der Waals surface area contributed by atoms with Crippen LogP contribution in [0, 0.1) is 0 Å².